The standard InChI is InChI=1S/C13H20N4O.HI/c1-10(2)8-15-13(14)16-9-12(18)17-11-6-4-3-5-7-11;/h3-7,10H,8-9H2,1-2H3,(H,17,18)(H3,14,15,16);1H. The van der Waals surface area contributed by atoms with Crippen LogP contribution in [0.3, 0.4) is 0 Å². The van der Waals surface area contributed by atoms with Crippen LogP contribution in [0.25, 0.3) is 0 Å². The van der Waals surface area contributed by atoms with E-state index in [4.69, 9.17) is 5.73 Å². The first-order chi connectivity index (χ1) is 8.58. The Bertz CT molecular complexity index is 406. The second-order valence-corrected chi connectivity index (χ2v) is 4.39. The fraction of sp³-hybridized carbons (Fsp3) is 0.385. The minimum atomic E-state index is -0.185. The van der Waals surface area contributed by atoms with E-state index in [-0.39, 0.29) is 36.4 Å². The number of hydrogen-bond donors (Lipinski definition) is 3. The SMILES string of the molecule is CC(C)CNC(N)=NCC(=O)Nc1ccccc1.I. The Kier molecular flexibility index (Phi) is 8.94. The third kappa shape index (κ3) is 8.41. The number of halogens is 1. The van der Waals surface area contributed by atoms with Gasteiger partial charge in [0.15, 0.2) is 5.96 Å². The van der Waals surface area contributed by atoms with Crippen LogP contribution in [0, 0.1) is 5.92 Å². The van der Waals surface area contributed by atoms with Gasteiger partial charge in [0.1, 0.15) is 6.54 Å². The summed E-state index contributed by atoms with van der Waals surface area (Å²) < 4.78 is 0. The minimum Gasteiger partial charge on any atom is -0.370 e. The van der Waals surface area contributed by atoms with Gasteiger partial charge in [0.2, 0.25) is 5.91 Å². The number of anilines is 1. The zero-order valence-corrected chi connectivity index (χ0v) is 13.5. The number of carbonyl (C=O) groups excluding carboxylic acids is 1. The summed E-state index contributed by atoms with van der Waals surface area (Å²) in [6, 6.07) is 9.25. The van der Waals surface area contributed by atoms with Crippen LogP contribution in [-0.4, -0.2) is 25.0 Å². The van der Waals surface area contributed by atoms with Gasteiger partial charge < -0.3 is 16.4 Å². The van der Waals surface area contributed by atoms with E-state index in [2.05, 4.69) is 29.5 Å². The molecule has 0 saturated heterocycles. The average molecular weight is 376 g/mol. The van der Waals surface area contributed by atoms with Crippen molar-refractivity contribution in [3.8, 4) is 0 Å². The summed E-state index contributed by atoms with van der Waals surface area (Å²) in [6.45, 7) is 4.91. The van der Waals surface area contributed by atoms with Crippen LogP contribution in [0.1, 0.15) is 13.8 Å². The molecule has 1 rings (SSSR count). The van der Waals surface area contributed by atoms with Crippen LogP contribution >= 0.6 is 24.0 Å². The van der Waals surface area contributed by atoms with Crippen LogP contribution < -0.4 is 16.4 Å². The van der Waals surface area contributed by atoms with Gasteiger partial charge >= 0.3 is 0 Å². The van der Waals surface area contributed by atoms with Crippen LogP contribution in [0.2, 0.25) is 0 Å². The third-order valence-corrected chi connectivity index (χ3v) is 2.14. The number of para-hydroxylation sites is 1. The molecular weight excluding hydrogens is 355 g/mol. The summed E-state index contributed by atoms with van der Waals surface area (Å²) in [5.41, 5.74) is 6.38. The lowest BCUT2D eigenvalue weighted by molar-refractivity contribution is -0.114. The van der Waals surface area contributed by atoms with Gasteiger partial charge in [-0.25, -0.2) is 4.99 Å². The second-order valence-electron chi connectivity index (χ2n) is 4.39. The molecule has 0 atom stereocenters. The lowest BCUT2D eigenvalue weighted by Gasteiger charge is -2.08. The van der Waals surface area contributed by atoms with Gasteiger partial charge in [-0.1, -0.05) is 32.0 Å². The number of nitrogens with zero attached hydrogens (tertiary/aromatic N) is 1. The molecule has 4 N–H and O–H groups in total. The summed E-state index contributed by atoms with van der Waals surface area (Å²) in [5, 5.41) is 5.68. The normalized spacial score (nSPS) is 10.8. The minimum absolute atomic E-state index is 0. The van der Waals surface area contributed by atoms with Crippen molar-refractivity contribution in [1.29, 1.82) is 0 Å². The zero-order valence-electron chi connectivity index (χ0n) is 11.2. The maximum atomic E-state index is 11.6. The molecule has 0 heterocycles. The van der Waals surface area contributed by atoms with Gasteiger partial charge in [-0.3, -0.25) is 4.79 Å². The van der Waals surface area contributed by atoms with Gasteiger partial charge in [0, 0.05) is 12.2 Å². The van der Waals surface area contributed by atoms with Crippen LogP contribution in [0.15, 0.2) is 35.3 Å². The summed E-state index contributed by atoms with van der Waals surface area (Å²) >= 11 is 0. The molecule has 0 spiro atoms. The molecule has 1 aromatic rings. The maximum absolute atomic E-state index is 11.6. The van der Waals surface area contributed by atoms with E-state index in [1.807, 2.05) is 30.3 Å². The van der Waals surface area contributed by atoms with Crippen molar-refractivity contribution in [3.63, 3.8) is 0 Å². The first-order valence-electron chi connectivity index (χ1n) is 5.96. The largest absolute Gasteiger partial charge is 0.370 e. The molecule has 1 amide bonds. The van der Waals surface area contributed by atoms with Crippen molar-refractivity contribution in [2.24, 2.45) is 16.6 Å². The highest BCUT2D eigenvalue weighted by Crippen LogP contribution is 2.04. The van der Waals surface area contributed by atoms with E-state index in [1.165, 1.54) is 0 Å². The van der Waals surface area contributed by atoms with E-state index < -0.39 is 0 Å². The number of nitrogens with two attached hydrogens (primary N) is 1. The van der Waals surface area contributed by atoms with Crippen molar-refractivity contribution >= 4 is 41.5 Å². The van der Waals surface area contributed by atoms with Gasteiger partial charge in [-0.2, -0.15) is 0 Å². The number of hydrogen-bond acceptors (Lipinski definition) is 2. The Morgan fingerprint density at radius 3 is 2.53 bits per heavy atom. The summed E-state index contributed by atoms with van der Waals surface area (Å²) in [5.74, 6) is 0.597. The van der Waals surface area contributed by atoms with Crippen molar-refractivity contribution in [2.45, 2.75) is 13.8 Å². The predicted molar refractivity (Wildman–Crippen MR) is 89.8 cm³/mol. The number of guanidine groups is 1. The van der Waals surface area contributed by atoms with Gasteiger partial charge in [0.05, 0.1) is 0 Å². The van der Waals surface area contributed by atoms with Crippen molar-refractivity contribution in [3.05, 3.63) is 30.3 Å². The third-order valence-electron chi connectivity index (χ3n) is 2.14. The van der Waals surface area contributed by atoms with Crippen molar-refractivity contribution < 1.29 is 4.79 Å². The molecule has 0 aliphatic rings. The van der Waals surface area contributed by atoms with E-state index >= 15 is 0 Å². The Hall–Kier alpha value is -1.31. The molecule has 106 valence electrons. The Balaban J connectivity index is 0.00000324. The van der Waals surface area contributed by atoms with Gasteiger partial charge in [0.25, 0.3) is 0 Å². The molecule has 0 radical (unpaired) electrons. The number of carbonyl (C=O) groups is 1. The Morgan fingerprint density at radius 2 is 1.95 bits per heavy atom. The fourth-order valence-corrected chi connectivity index (χ4v) is 1.24. The maximum Gasteiger partial charge on any atom is 0.246 e. The molecule has 1 aromatic carbocycles. The van der Waals surface area contributed by atoms with E-state index in [1.54, 1.807) is 0 Å². The van der Waals surface area contributed by atoms with Crippen LogP contribution in [-0.2, 0) is 4.79 Å². The predicted octanol–water partition coefficient (Wildman–Crippen LogP) is 1.80. The highest BCUT2D eigenvalue weighted by atomic mass is 127. The Morgan fingerprint density at radius 1 is 1.32 bits per heavy atom. The number of benzene rings is 1. The van der Waals surface area contributed by atoms with Crippen LogP contribution in [0.5, 0.6) is 0 Å². The topological polar surface area (TPSA) is 79.5 Å². The molecule has 0 fully saturated rings. The molecule has 0 aromatic heterocycles. The first kappa shape index (κ1) is 17.7. The summed E-state index contributed by atoms with van der Waals surface area (Å²) in [7, 11) is 0. The Labute approximate surface area is 131 Å². The molecule has 5 nitrogen and oxygen atoms in total. The van der Waals surface area contributed by atoms with Crippen molar-refractivity contribution in [2.75, 3.05) is 18.4 Å². The lowest BCUT2D eigenvalue weighted by atomic mass is 10.2. The van der Waals surface area contributed by atoms with Crippen molar-refractivity contribution in [1.82, 2.24) is 5.32 Å². The van der Waals surface area contributed by atoms with Crippen LogP contribution in [0.4, 0.5) is 5.69 Å². The number of aliphatic imine (C=N–C) groups is 1. The molecule has 0 aliphatic carbocycles. The number of amides is 1. The average Bonchev–Trinajstić information content (AvgIpc) is 2.35. The molecule has 0 saturated carbocycles. The van der Waals surface area contributed by atoms with E-state index in [0.717, 1.165) is 12.2 Å². The van der Waals surface area contributed by atoms with Gasteiger partial charge in [-0.15, -0.1) is 24.0 Å². The summed E-state index contributed by atoms with van der Waals surface area (Å²) in [4.78, 5) is 15.5. The highest BCUT2D eigenvalue weighted by Gasteiger charge is 2.01. The fourth-order valence-electron chi connectivity index (χ4n) is 1.24. The second kappa shape index (κ2) is 9.60. The molecular formula is C13H21IN4O. The number of rotatable bonds is 5. The quantitative estimate of drug-likeness (QED) is 0.417. The smallest absolute Gasteiger partial charge is 0.246 e. The summed E-state index contributed by atoms with van der Waals surface area (Å²) in [6.07, 6.45) is 0. The number of nitrogens with one attached hydrogen (secondary N) is 2. The highest BCUT2D eigenvalue weighted by molar-refractivity contribution is 14.0. The van der Waals surface area contributed by atoms with Gasteiger partial charge in [-0.05, 0) is 18.1 Å². The monoisotopic (exact) mass is 376 g/mol. The molecule has 19 heavy (non-hydrogen) atoms. The van der Waals surface area contributed by atoms with E-state index in [0.29, 0.717) is 11.9 Å². The molecule has 0 bridgehead atoms. The molecule has 0 aliphatic heterocycles. The molecule has 0 unspecified atom stereocenters. The molecule has 6 heteroatoms. The van der Waals surface area contributed by atoms with E-state index in [9.17, 15) is 4.79 Å². The lowest BCUT2D eigenvalue weighted by Crippen LogP contribution is -2.35. The first-order valence-corrected chi connectivity index (χ1v) is 5.96. The zero-order chi connectivity index (χ0) is 13.4.